The molecule has 1 heterocycles. The summed E-state index contributed by atoms with van der Waals surface area (Å²) >= 11 is 6.04. The molecule has 9 nitrogen and oxygen atoms in total. The first-order valence-electron chi connectivity index (χ1n) is 7.60. The minimum Gasteiger partial charge on any atom is -0.394 e. The highest BCUT2D eigenvalue weighted by Crippen LogP contribution is 2.19. The SMILES string of the molecule is O=C[C@H](Nc1cnn(-c2ccccc2)c(=O)c1Cl)[C@@H](O)[C@H](O)[C@H](O)CO. The van der Waals surface area contributed by atoms with Crippen LogP contribution in [0.4, 0.5) is 5.69 Å². The number of carbonyl (C=O) groups is 1. The van der Waals surface area contributed by atoms with Crippen LogP contribution in [0.5, 0.6) is 0 Å². The fraction of sp³-hybridized carbons (Fsp3) is 0.312. The number of nitrogens with one attached hydrogen (secondary N) is 1. The van der Waals surface area contributed by atoms with Crippen molar-refractivity contribution in [3.05, 3.63) is 51.9 Å². The molecular formula is C16H18ClN3O6. The number of hydrogen-bond acceptors (Lipinski definition) is 8. The first-order valence-corrected chi connectivity index (χ1v) is 7.98. The maximum atomic E-state index is 12.4. The quantitative estimate of drug-likeness (QED) is 0.363. The van der Waals surface area contributed by atoms with Crippen molar-refractivity contribution >= 4 is 23.6 Å². The number of anilines is 1. The first kappa shape index (κ1) is 20.0. The summed E-state index contributed by atoms with van der Waals surface area (Å²) in [4.78, 5) is 23.6. The summed E-state index contributed by atoms with van der Waals surface area (Å²) in [5.74, 6) is 0. The van der Waals surface area contributed by atoms with Gasteiger partial charge in [-0.15, -0.1) is 0 Å². The molecule has 2 rings (SSSR count). The number of aliphatic hydroxyl groups excluding tert-OH is 4. The lowest BCUT2D eigenvalue weighted by atomic mass is 10.0. The Balaban J connectivity index is 2.27. The van der Waals surface area contributed by atoms with Crippen molar-refractivity contribution in [1.82, 2.24) is 9.78 Å². The molecule has 140 valence electrons. The second kappa shape index (κ2) is 8.88. The summed E-state index contributed by atoms with van der Waals surface area (Å²) < 4.78 is 1.06. The van der Waals surface area contributed by atoms with Crippen molar-refractivity contribution < 1.29 is 25.2 Å². The van der Waals surface area contributed by atoms with E-state index < -0.39 is 36.5 Å². The lowest BCUT2D eigenvalue weighted by Gasteiger charge is -2.27. The van der Waals surface area contributed by atoms with Crippen molar-refractivity contribution in [1.29, 1.82) is 0 Å². The average molecular weight is 384 g/mol. The summed E-state index contributed by atoms with van der Waals surface area (Å²) in [7, 11) is 0. The zero-order chi connectivity index (χ0) is 19.3. The smallest absolute Gasteiger partial charge is 0.292 e. The number of para-hydroxylation sites is 1. The number of benzene rings is 1. The van der Waals surface area contributed by atoms with Gasteiger partial charge in [0.25, 0.3) is 5.56 Å². The molecule has 0 amide bonds. The summed E-state index contributed by atoms with van der Waals surface area (Å²) in [6.45, 7) is -0.806. The molecule has 0 aliphatic heterocycles. The third-order valence-corrected chi connectivity index (χ3v) is 4.05. The maximum Gasteiger partial charge on any atom is 0.292 e. The summed E-state index contributed by atoms with van der Waals surface area (Å²) in [6.07, 6.45) is -3.73. The number of aldehydes is 1. The number of carbonyl (C=O) groups excluding carboxylic acids is 1. The van der Waals surface area contributed by atoms with E-state index in [0.29, 0.717) is 5.69 Å². The first-order chi connectivity index (χ1) is 12.4. The van der Waals surface area contributed by atoms with Crippen LogP contribution in [-0.4, -0.2) is 67.5 Å². The number of aromatic nitrogens is 2. The lowest BCUT2D eigenvalue weighted by molar-refractivity contribution is -0.117. The van der Waals surface area contributed by atoms with E-state index in [-0.39, 0.29) is 17.0 Å². The average Bonchev–Trinajstić information content (AvgIpc) is 2.68. The Morgan fingerprint density at radius 3 is 2.42 bits per heavy atom. The van der Waals surface area contributed by atoms with Crippen LogP contribution in [0.1, 0.15) is 0 Å². The normalized spacial score (nSPS) is 15.7. The van der Waals surface area contributed by atoms with E-state index in [1.54, 1.807) is 30.3 Å². The number of rotatable bonds is 8. The highest BCUT2D eigenvalue weighted by atomic mass is 35.5. The Bertz CT molecular complexity index is 800. The van der Waals surface area contributed by atoms with Gasteiger partial charge in [0.1, 0.15) is 35.7 Å². The van der Waals surface area contributed by atoms with Crippen LogP contribution >= 0.6 is 11.6 Å². The van der Waals surface area contributed by atoms with E-state index in [2.05, 4.69) is 10.4 Å². The molecule has 0 saturated carbocycles. The number of hydrogen-bond donors (Lipinski definition) is 5. The minimum atomic E-state index is -1.79. The zero-order valence-electron chi connectivity index (χ0n) is 13.4. The number of nitrogens with zero attached hydrogens (tertiary/aromatic N) is 2. The predicted octanol–water partition coefficient (Wildman–Crippen LogP) is -1.06. The molecule has 0 bridgehead atoms. The standard InChI is InChI=1S/C16H18ClN3O6/c17-13-10(19-11(7-21)14(24)15(25)12(23)8-22)6-18-20(16(13)26)9-4-2-1-3-5-9/h1-7,11-12,14-15,19,22-25H,8H2/t11-,12+,14+,15+/m0/s1. The molecule has 2 aromatic rings. The Kier molecular flexibility index (Phi) is 6.83. The third kappa shape index (κ3) is 4.26. The molecule has 0 unspecified atom stereocenters. The van der Waals surface area contributed by atoms with Crippen molar-refractivity contribution in [2.24, 2.45) is 0 Å². The molecule has 4 atom stereocenters. The Morgan fingerprint density at radius 2 is 1.85 bits per heavy atom. The monoisotopic (exact) mass is 383 g/mol. The van der Waals surface area contributed by atoms with Gasteiger partial charge in [0.2, 0.25) is 0 Å². The van der Waals surface area contributed by atoms with Crippen LogP contribution in [0, 0.1) is 0 Å². The molecule has 1 aromatic carbocycles. The van der Waals surface area contributed by atoms with E-state index in [4.69, 9.17) is 16.7 Å². The summed E-state index contributed by atoms with van der Waals surface area (Å²) in [5, 5.41) is 44.0. The summed E-state index contributed by atoms with van der Waals surface area (Å²) in [5.41, 5.74) is -0.206. The molecule has 26 heavy (non-hydrogen) atoms. The van der Waals surface area contributed by atoms with Gasteiger partial charge < -0.3 is 30.5 Å². The molecular weight excluding hydrogens is 366 g/mol. The third-order valence-electron chi connectivity index (χ3n) is 3.69. The van der Waals surface area contributed by atoms with Crippen LogP contribution in [0.3, 0.4) is 0 Å². The Labute approximate surface area is 153 Å². The second-order valence-electron chi connectivity index (χ2n) is 5.46. The van der Waals surface area contributed by atoms with Crippen molar-refractivity contribution in [2.45, 2.75) is 24.4 Å². The van der Waals surface area contributed by atoms with E-state index in [0.717, 1.165) is 4.68 Å². The van der Waals surface area contributed by atoms with Gasteiger partial charge in [0.15, 0.2) is 0 Å². The molecule has 0 saturated heterocycles. The molecule has 10 heteroatoms. The van der Waals surface area contributed by atoms with Gasteiger partial charge in [0, 0.05) is 0 Å². The van der Waals surface area contributed by atoms with Crippen LogP contribution in [-0.2, 0) is 4.79 Å². The van der Waals surface area contributed by atoms with Gasteiger partial charge in [-0.3, -0.25) is 4.79 Å². The maximum absolute atomic E-state index is 12.4. The highest BCUT2D eigenvalue weighted by Gasteiger charge is 2.31. The van der Waals surface area contributed by atoms with E-state index >= 15 is 0 Å². The van der Waals surface area contributed by atoms with Gasteiger partial charge in [-0.05, 0) is 12.1 Å². The number of aliphatic hydroxyl groups is 4. The molecule has 0 aliphatic rings. The minimum absolute atomic E-state index is 0.0364. The molecule has 0 radical (unpaired) electrons. The molecule has 0 fully saturated rings. The largest absolute Gasteiger partial charge is 0.394 e. The van der Waals surface area contributed by atoms with E-state index in [1.165, 1.54) is 6.20 Å². The Hall–Kier alpha value is -2.30. The van der Waals surface area contributed by atoms with Crippen molar-refractivity contribution in [2.75, 3.05) is 11.9 Å². The van der Waals surface area contributed by atoms with Crippen LogP contribution < -0.4 is 10.9 Å². The zero-order valence-corrected chi connectivity index (χ0v) is 14.2. The molecule has 1 aromatic heterocycles. The highest BCUT2D eigenvalue weighted by molar-refractivity contribution is 6.33. The van der Waals surface area contributed by atoms with Crippen LogP contribution in [0.25, 0.3) is 5.69 Å². The van der Waals surface area contributed by atoms with Crippen molar-refractivity contribution in [3.8, 4) is 5.69 Å². The van der Waals surface area contributed by atoms with Crippen LogP contribution in [0.2, 0.25) is 5.02 Å². The fourth-order valence-electron chi connectivity index (χ4n) is 2.21. The van der Waals surface area contributed by atoms with Crippen molar-refractivity contribution in [3.63, 3.8) is 0 Å². The van der Waals surface area contributed by atoms with Crippen LogP contribution in [0.15, 0.2) is 41.3 Å². The lowest BCUT2D eigenvalue weighted by Crippen LogP contribution is -2.49. The number of halogens is 1. The molecule has 0 aliphatic carbocycles. The van der Waals surface area contributed by atoms with Gasteiger partial charge in [-0.1, -0.05) is 29.8 Å². The Morgan fingerprint density at radius 1 is 1.19 bits per heavy atom. The molecule has 0 spiro atoms. The summed E-state index contributed by atoms with van der Waals surface area (Å²) in [6, 6.07) is 7.11. The second-order valence-corrected chi connectivity index (χ2v) is 5.84. The van der Waals surface area contributed by atoms with Gasteiger partial charge in [-0.2, -0.15) is 9.78 Å². The predicted molar refractivity (Wildman–Crippen MR) is 93.4 cm³/mol. The van der Waals surface area contributed by atoms with E-state index in [1.807, 2.05) is 0 Å². The van der Waals surface area contributed by atoms with Gasteiger partial charge in [-0.25, -0.2) is 0 Å². The van der Waals surface area contributed by atoms with Gasteiger partial charge >= 0.3 is 0 Å². The molecule has 5 N–H and O–H groups in total. The van der Waals surface area contributed by atoms with Gasteiger partial charge in [0.05, 0.1) is 24.2 Å². The topological polar surface area (TPSA) is 145 Å². The van der Waals surface area contributed by atoms with E-state index in [9.17, 15) is 24.9 Å². The fourth-order valence-corrected chi connectivity index (χ4v) is 2.40.